The summed E-state index contributed by atoms with van der Waals surface area (Å²) in [6.45, 7) is 3.97. The molecule has 0 radical (unpaired) electrons. The third-order valence-corrected chi connectivity index (χ3v) is 6.00. The first-order valence-corrected chi connectivity index (χ1v) is 9.84. The van der Waals surface area contributed by atoms with Crippen molar-refractivity contribution >= 4 is 34.5 Å². The highest BCUT2D eigenvalue weighted by molar-refractivity contribution is 7.10. The lowest BCUT2D eigenvalue weighted by atomic mass is 9.99. The highest BCUT2D eigenvalue weighted by atomic mass is 32.1. The lowest BCUT2D eigenvalue weighted by molar-refractivity contribution is -0.132. The number of aliphatic hydroxyl groups is 1. The number of Topliss-reactive ketones (excluding diaryl/α,β-unsaturated/α-hetero) is 1. The highest BCUT2D eigenvalue weighted by Crippen LogP contribution is 2.43. The van der Waals surface area contributed by atoms with E-state index in [-0.39, 0.29) is 11.3 Å². The number of amides is 1. The van der Waals surface area contributed by atoms with E-state index in [4.69, 9.17) is 0 Å². The van der Waals surface area contributed by atoms with Gasteiger partial charge < -0.3 is 5.11 Å². The normalized spacial score (nSPS) is 18.6. The Morgan fingerprint density at radius 3 is 2.36 bits per heavy atom. The van der Waals surface area contributed by atoms with Crippen LogP contribution in [0.5, 0.6) is 0 Å². The molecule has 3 aromatic rings. The minimum atomic E-state index is -0.669. The number of hydrogen-bond acceptors (Lipinski definition) is 4. The summed E-state index contributed by atoms with van der Waals surface area (Å²) >= 11 is 1.45. The van der Waals surface area contributed by atoms with E-state index in [0.29, 0.717) is 11.3 Å². The Kier molecular flexibility index (Phi) is 4.61. The maximum Gasteiger partial charge on any atom is 0.300 e. The molecule has 0 spiro atoms. The van der Waals surface area contributed by atoms with Gasteiger partial charge in [-0.3, -0.25) is 14.5 Å². The second kappa shape index (κ2) is 7.09. The molecule has 1 atom stereocenters. The van der Waals surface area contributed by atoms with Gasteiger partial charge in [-0.2, -0.15) is 0 Å². The van der Waals surface area contributed by atoms with E-state index in [9.17, 15) is 14.7 Å². The predicted molar refractivity (Wildman–Crippen MR) is 111 cm³/mol. The van der Waals surface area contributed by atoms with Crippen molar-refractivity contribution < 1.29 is 14.7 Å². The predicted octanol–water partition coefficient (Wildman–Crippen LogP) is 4.99. The lowest BCUT2D eigenvalue weighted by Crippen LogP contribution is -2.29. The van der Waals surface area contributed by atoms with Crippen LogP contribution in [0.3, 0.4) is 0 Å². The topological polar surface area (TPSA) is 57.6 Å². The molecule has 2 aromatic carbocycles. The fraction of sp³-hybridized carbons (Fsp3) is 0.130. The van der Waals surface area contributed by atoms with E-state index in [2.05, 4.69) is 0 Å². The molecule has 1 amide bonds. The quantitative estimate of drug-likeness (QED) is 0.390. The van der Waals surface area contributed by atoms with Crippen LogP contribution in [0.4, 0.5) is 5.69 Å². The monoisotopic (exact) mass is 389 g/mol. The molecule has 1 saturated heterocycles. The number of ketones is 1. The summed E-state index contributed by atoms with van der Waals surface area (Å²) in [5, 5.41) is 12.8. The van der Waals surface area contributed by atoms with Crippen molar-refractivity contribution in [1.29, 1.82) is 0 Å². The molecule has 1 aliphatic heterocycles. The molecule has 1 aromatic heterocycles. The van der Waals surface area contributed by atoms with Gasteiger partial charge in [0.25, 0.3) is 11.7 Å². The van der Waals surface area contributed by atoms with Gasteiger partial charge in [0.15, 0.2) is 0 Å². The molecule has 140 valence electrons. The molecule has 0 saturated carbocycles. The minimum Gasteiger partial charge on any atom is -0.507 e. The number of aliphatic hydroxyl groups excluding tert-OH is 1. The van der Waals surface area contributed by atoms with Crippen LogP contribution in [0.25, 0.3) is 5.76 Å². The molecular formula is C23H19NO3S. The summed E-state index contributed by atoms with van der Waals surface area (Å²) in [4.78, 5) is 28.3. The van der Waals surface area contributed by atoms with Gasteiger partial charge in [-0.05, 0) is 48.6 Å². The SMILES string of the molecule is Cc1ccc(N2C(=O)C(=O)/C(=C(\O)c3ccccc3)C2c2cccs2)cc1C. The zero-order chi connectivity index (χ0) is 19.8. The Labute approximate surface area is 167 Å². The van der Waals surface area contributed by atoms with Crippen molar-refractivity contribution in [3.8, 4) is 0 Å². The zero-order valence-electron chi connectivity index (χ0n) is 15.5. The summed E-state index contributed by atoms with van der Waals surface area (Å²) in [6.07, 6.45) is 0. The molecule has 1 N–H and O–H groups in total. The van der Waals surface area contributed by atoms with E-state index in [1.807, 2.05) is 55.6 Å². The van der Waals surface area contributed by atoms with Gasteiger partial charge in [-0.25, -0.2) is 0 Å². The first kappa shape index (κ1) is 18.2. The van der Waals surface area contributed by atoms with Crippen LogP contribution in [-0.4, -0.2) is 16.8 Å². The summed E-state index contributed by atoms with van der Waals surface area (Å²) < 4.78 is 0. The van der Waals surface area contributed by atoms with Crippen LogP contribution in [0.1, 0.15) is 27.6 Å². The van der Waals surface area contributed by atoms with Crippen LogP contribution in [0.2, 0.25) is 0 Å². The van der Waals surface area contributed by atoms with E-state index >= 15 is 0 Å². The third-order valence-electron chi connectivity index (χ3n) is 5.07. The Bertz CT molecular complexity index is 1080. The molecule has 1 unspecified atom stereocenters. The van der Waals surface area contributed by atoms with Crippen LogP contribution < -0.4 is 4.90 Å². The first-order chi connectivity index (χ1) is 13.5. The van der Waals surface area contributed by atoms with Crippen molar-refractivity contribution in [1.82, 2.24) is 0 Å². The van der Waals surface area contributed by atoms with E-state index in [0.717, 1.165) is 16.0 Å². The number of anilines is 1. The summed E-state index contributed by atoms with van der Waals surface area (Å²) in [6, 6.07) is 17.7. The number of carbonyl (C=O) groups excluding carboxylic acids is 2. The average molecular weight is 389 g/mol. The van der Waals surface area contributed by atoms with Crippen LogP contribution in [-0.2, 0) is 9.59 Å². The lowest BCUT2D eigenvalue weighted by Gasteiger charge is -2.24. The van der Waals surface area contributed by atoms with Crippen molar-refractivity contribution in [3.63, 3.8) is 0 Å². The molecule has 4 nitrogen and oxygen atoms in total. The number of nitrogens with zero attached hydrogens (tertiary/aromatic N) is 1. The van der Waals surface area contributed by atoms with Gasteiger partial charge in [0.1, 0.15) is 11.8 Å². The number of hydrogen-bond donors (Lipinski definition) is 1. The van der Waals surface area contributed by atoms with Crippen LogP contribution in [0.15, 0.2) is 71.6 Å². The summed E-state index contributed by atoms with van der Waals surface area (Å²) in [5.74, 6) is -1.44. The van der Waals surface area contributed by atoms with Gasteiger partial charge in [0.05, 0.1) is 5.57 Å². The number of aryl methyl sites for hydroxylation is 2. The molecule has 4 rings (SSSR count). The molecular weight excluding hydrogens is 370 g/mol. The Hall–Kier alpha value is -3.18. The van der Waals surface area contributed by atoms with Crippen molar-refractivity contribution in [2.45, 2.75) is 19.9 Å². The maximum atomic E-state index is 13.0. The van der Waals surface area contributed by atoms with Crippen molar-refractivity contribution in [2.24, 2.45) is 0 Å². The molecule has 1 fully saturated rings. The molecule has 1 aliphatic rings. The van der Waals surface area contributed by atoms with Gasteiger partial charge in [-0.15, -0.1) is 11.3 Å². The summed E-state index contributed by atoms with van der Waals surface area (Å²) in [7, 11) is 0. The fourth-order valence-corrected chi connectivity index (χ4v) is 4.27. The maximum absolute atomic E-state index is 13.0. The Morgan fingerprint density at radius 1 is 0.964 bits per heavy atom. The fourth-order valence-electron chi connectivity index (χ4n) is 3.44. The smallest absolute Gasteiger partial charge is 0.300 e. The van der Waals surface area contributed by atoms with Crippen molar-refractivity contribution in [3.05, 3.63) is 93.2 Å². The largest absolute Gasteiger partial charge is 0.507 e. The molecule has 2 heterocycles. The average Bonchev–Trinajstić information content (AvgIpc) is 3.32. The second-order valence-electron chi connectivity index (χ2n) is 6.82. The van der Waals surface area contributed by atoms with Gasteiger partial charge >= 0.3 is 0 Å². The van der Waals surface area contributed by atoms with Crippen LogP contribution in [0, 0.1) is 13.8 Å². The number of thiophene rings is 1. The molecule has 0 bridgehead atoms. The Balaban J connectivity index is 1.93. The Morgan fingerprint density at radius 2 is 1.71 bits per heavy atom. The van der Waals surface area contributed by atoms with Crippen LogP contribution >= 0.6 is 11.3 Å². The number of rotatable bonds is 3. The van der Waals surface area contributed by atoms with E-state index < -0.39 is 17.7 Å². The second-order valence-corrected chi connectivity index (χ2v) is 7.80. The van der Waals surface area contributed by atoms with Gasteiger partial charge in [0, 0.05) is 16.1 Å². The highest BCUT2D eigenvalue weighted by Gasteiger charge is 2.47. The standard InChI is InChI=1S/C23H19NO3S/c1-14-10-11-17(13-15(14)2)24-20(18-9-6-12-28-18)19(22(26)23(24)27)21(25)16-7-4-3-5-8-16/h3-13,20,25H,1-2H3/b21-19-. The summed E-state index contributed by atoms with van der Waals surface area (Å²) in [5.41, 5.74) is 3.43. The van der Waals surface area contributed by atoms with Crippen molar-refractivity contribution in [2.75, 3.05) is 4.90 Å². The number of carbonyl (C=O) groups is 2. The van der Waals surface area contributed by atoms with Gasteiger partial charge in [-0.1, -0.05) is 42.5 Å². The molecule has 0 aliphatic carbocycles. The zero-order valence-corrected chi connectivity index (χ0v) is 16.4. The molecule has 5 heteroatoms. The first-order valence-electron chi connectivity index (χ1n) is 8.96. The third kappa shape index (κ3) is 2.94. The van der Waals surface area contributed by atoms with Gasteiger partial charge in [0.2, 0.25) is 0 Å². The van der Waals surface area contributed by atoms with E-state index in [1.165, 1.54) is 16.2 Å². The minimum absolute atomic E-state index is 0.122. The number of benzene rings is 2. The van der Waals surface area contributed by atoms with E-state index in [1.54, 1.807) is 24.3 Å². The molecule has 28 heavy (non-hydrogen) atoms.